The Morgan fingerprint density at radius 2 is 2.44 bits per heavy atom. The van der Waals surface area contributed by atoms with E-state index in [0.717, 1.165) is 34.6 Å². The highest BCUT2D eigenvalue weighted by atomic mass is 79.9. The van der Waals surface area contributed by atoms with Gasteiger partial charge in [-0.25, -0.2) is 0 Å². The molecule has 1 saturated heterocycles. The van der Waals surface area contributed by atoms with Crippen molar-refractivity contribution in [2.24, 2.45) is 0 Å². The van der Waals surface area contributed by atoms with Gasteiger partial charge in [0.2, 0.25) is 11.7 Å². The van der Waals surface area contributed by atoms with Crippen LogP contribution in [-0.2, 0) is 0 Å². The molecular weight excluding hydrogens is 314 g/mol. The Morgan fingerprint density at radius 3 is 3.17 bits per heavy atom. The number of nitrogens with one attached hydrogen (secondary N) is 1. The summed E-state index contributed by atoms with van der Waals surface area (Å²) in [4.78, 5) is 5.58. The highest BCUT2D eigenvalue weighted by molar-refractivity contribution is 9.10. The predicted octanol–water partition coefficient (Wildman–Crippen LogP) is 3.42. The molecule has 2 unspecified atom stereocenters. The van der Waals surface area contributed by atoms with Gasteiger partial charge in [-0.2, -0.15) is 4.98 Å². The summed E-state index contributed by atoms with van der Waals surface area (Å²) in [6.45, 7) is 3.22. The smallest absolute Gasteiger partial charge is 0.230 e. The molecule has 0 aromatic carbocycles. The van der Waals surface area contributed by atoms with Crippen LogP contribution in [0.5, 0.6) is 0 Å². The number of aromatic nitrogens is 2. The number of nitrogens with zero attached hydrogens (tertiary/aromatic N) is 2. The lowest BCUT2D eigenvalue weighted by Crippen LogP contribution is -2.34. The van der Waals surface area contributed by atoms with Gasteiger partial charge < -0.3 is 9.84 Å². The molecule has 0 radical (unpaired) electrons. The molecule has 1 fully saturated rings. The van der Waals surface area contributed by atoms with Crippen molar-refractivity contribution in [3.63, 3.8) is 0 Å². The molecule has 96 valence electrons. The van der Waals surface area contributed by atoms with E-state index in [1.807, 2.05) is 11.4 Å². The van der Waals surface area contributed by atoms with Gasteiger partial charge >= 0.3 is 0 Å². The highest BCUT2D eigenvalue weighted by Gasteiger charge is 2.25. The Bertz CT molecular complexity index is 539. The van der Waals surface area contributed by atoms with Crippen LogP contribution in [0.2, 0.25) is 0 Å². The van der Waals surface area contributed by atoms with Crippen molar-refractivity contribution >= 4 is 27.3 Å². The number of hydrogen-bond acceptors (Lipinski definition) is 5. The first kappa shape index (κ1) is 12.3. The molecular formula is C12H14BrN3OS. The van der Waals surface area contributed by atoms with Crippen molar-refractivity contribution in [1.82, 2.24) is 15.5 Å². The van der Waals surface area contributed by atoms with Crippen LogP contribution in [0.1, 0.15) is 31.6 Å². The van der Waals surface area contributed by atoms with Gasteiger partial charge in [0.05, 0.1) is 4.88 Å². The van der Waals surface area contributed by atoms with Gasteiger partial charge in [-0.15, -0.1) is 11.3 Å². The van der Waals surface area contributed by atoms with E-state index in [9.17, 15) is 0 Å². The zero-order chi connectivity index (χ0) is 12.5. The first-order chi connectivity index (χ1) is 8.72. The number of piperidine rings is 1. The second kappa shape index (κ2) is 5.11. The molecule has 1 aliphatic heterocycles. The fourth-order valence-electron chi connectivity index (χ4n) is 2.29. The Labute approximate surface area is 118 Å². The zero-order valence-corrected chi connectivity index (χ0v) is 12.4. The molecule has 2 aromatic rings. The minimum Gasteiger partial charge on any atom is -0.339 e. The molecule has 18 heavy (non-hydrogen) atoms. The summed E-state index contributed by atoms with van der Waals surface area (Å²) in [5.41, 5.74) is 0. The van der Waals surface area contributed by atoms with Crippen LogP contribution in [0.15, 0.2) is 20.4 Å². The summed E-state index contributed by atoms with van der Waals surface area (Å²) in [5.74, 6) is 1.88. The van der Waals surface area contributed by atoms with Crippen LogP contribution in [0.3, 0.4) is 0 Å². The van der Waals surface area contributed by atoms with Crippen LogP contribution in [-0.4, -0.2) is 22.7 Å². The predicted molar refractivity (Wildman–Crippen MR) is 74.8 cm³/mol. The Morgan fingerprint density at radius 1 is 1.56 bits per heavy atom. The van der Waals surface area contributed by atoms with Crippen molar-refractivity contribution < 1.29 is 4.52 Å². The standard InChI is InChI=1S/C12H14BrN3OS/c1-7-4-8(2-3-14-7)12-15-11(16-17-12)10-5-9(13)6-18-10/h5-8,14H,2-4H2,1H3. The molecule has 0 spiro atoms. The second-order valence-corrected chi connectivity index (χ2v) is 6.49. The average molecular weight is 328 g/mol. The maximum Gasteiger partial charge on any atom is 0.230 e. The number of rotatable bonds is 2. The van der Waals surface area contributed by atoms with E-state index in [2.05, 4.69) is 38.3 Å². The quantitative estimate of drug-likeness (QED) is 0.918. The first-order valence-electron chi connectivity index (χ1n) is 6.04. The minimum atomic E-state index is 0.394. The third-order valence-electron chi connectivity index (χ3n) is 3.20. The largest absolute Gasteiger partial charge is 0.339 e. The van der Waals surface area contributed by atoms with Crippen molar-refractivity contribution in [1.29, 1.82) is 0 Å². The van der Waals surface area contributed by atoms with Gasteiger partial charge in [-0.1, -0.05) is 5.16 Å². The molecule has 0 bridgehead atoms. The van der Waals surface area contributed by atoms with E-state index in [1.165, 1.54) is 0 Å². The van der Waals surface area contributed by atoms with Crippen molar-refractivity contribution in [2.45, 2.75) is 31.7 Å². The highest BCUT2D eigenvalue weighted by Crippen LogP contribution is 2.31. The van der Waals surface area contributed by atoms with Crippen LogP contribution in [0.25, 0.3) is 10.7 Å². The molecule has 2 atom stereocenters. The molecule has 4 nitrogen and oxygen atoms in total. The van der Waals surface area contributed by atoms with Gasteiger partial charge in [0, 0.05) is 21.8 Å². The summed E-state index contributed by atoms with van der Waals surface area (Å²) < 4.78 is 6.48. The lowest BCUT2D eigenvalue weighted by Gasteiger charge is -2.25. The molecule has 6 heteroatoms. The first-order valence-corrected chi connectivity index (χ1v) is 7.71. The molecule has 0 aliphatic carbocycles. The van der Waals surface area contributed by atoms with Crippen molar-refractivity contribution in [3.05, 3.63) is 21.8 Å². The lowest BCUT2D eigenvalue weighted by molar-refractivity contribution is 0.295. The van der Waals surface area contributed by atoms with Crippen molar-refractivity contribution in [2.75, 3.05) is 6.54 Å². The van der Waals surface area contributed by atoms with Gasteiger partial charge in [0.15, 0.2) is 0 Å². The normalized spacial score (nSPS) is 24.3. The molecule has 2 aromatic heterocycles. The fraction of sp³-hybridized carbons (Fsp3) is 0.500. The SMILES string of the molecule is CC1CC(c2nc(-c3cc(Br)cs3)no2)CCN1. The average Bonchev–Trinajstić information content (AvgIpc) is 2.97. The van der Waals surface area contributed by atoms with Gasteiger partial charge in [-0.05, 0) is 48.3 Å². The van der Waals surface area contributed by atoms with Crippen molar-refractivity contribution in [3.8, 4) is 10.7 Å². The minimum absolute atomic E-state index is 0.394. The second-order valence-electron chi connectivity index (χ2n) is 4.66. The number of thiophene rings is 1. The summed E-state index contributed by atoms with van der Waals surface area (Å²) in [6.07, 6.45) is 2.13. The van der Waals surface area contributed by atoms with E-state index in [-0.39, 0.29) is 0 Å². The lowest BCUT2D eigenvalue weighted by atomic mass is 9.93. The summed E-state index contributed by atoms with van der Waals surface area (Å²) in [5, 5.41) is 9.54. The third-order valence-corrected chi connectivity index (χ3v) is 4.89. The Hall–Kier alpha value is -0.720. The summed E-state index contributed by atoms with van der Waals surface area (Å²) in [6, 6.07) is 2.54. The molecule has 3 heterocycles. The van der Waals surface area contributed by atoms with Gasteiger partial charge in [0.1, 0.15) is 0 Å². The zero-order valence-electron chi connectivity index (χ0n) is 10.0. The van der Waals surface area contributed by atoms with Gasteiger partial charge in [-0.3, -0.25) is 0 Å². The molecule has 3 rings (SSSR count). The number of halogens is 1. The van der Waals surface area contributed by atoms with E-state index in [4.69, 9.17) is 4.52 Å². The van der Waals surface area contributed by atoms with E-state index < -0.39 is 0 Å². The molecule has 1 N–H and O–H groups in total. The summed E-state index contributed by atoms with van der Waals surface area (Å²) >= 11 is 5.06. The Kier molecular flexibility index (Phi) is 3.50. The fourth-order valence-corrected chi connectivity index (χ4v) is 3.64. The third kappa shape index (κ3) is 2.50. The molecule has 1 aliphatic rings. The number of hydrogen-bond donors (Lipinski definition) is 1. The maximum absolute atomic E-state index is 5.42. The van der Waals surface area contributed by atoms with Gasteiger partial charge in [0.25, 0.3) is 0 Å². The van der Waals surface area contributed by atoms with E-state index in [1.54, 1.807) is 11.3 Å². The Balaban J connectivity index is 1.80. The van der Waals surface area contributed by atoms with Crippen LogP contribution < -0.4 is 5.32 Å². The summed E-state index contributed by atoms with van der Waals surface area (Å²) in [7, 11) is 0. The molecule has 0 saturated carbocycles. The molecule has 0 amide bonds. The van der Waals surface area contributed by atoms with E-state index >= 15 is 0 Å². The topological polar surface area (TPSA) is 51.0 Å². The van der Waals surface area contributed by atoms with Crippen LogP contribution in [0.4, 0.5) is 0 Å². The van der Waals surface area contributed by atoms with Crippen LogP contribution >= 0.6 is 27.3 Å². The monoisotopic (exact) mass is 327 g/mol. The van der Waals surface area contributed by atoms with E-state index in [0.29, 0.717) is 17.8 Å². The van der Waals surface area contributed by atoms with Crippen LogP contribution in [0, 0.1) is 0 Å². The maximum atomic E-state index is 5.42.